The quantitative estimate of drug-likeness (QED) is 0.783. The third kappa shape index (κ3) is 2.91. The van der Waals surface area contributed by atoms with Gasteiger partial charge in [-0.05, 0) is 42.9 Å². The summed E-state index contributed by atoms with van der Waals surface area (Å²) in [5, 5.41) is 0. The van der Waals surface area contributed by atoms with Gasteiger partial charge in [0.1, 0.15) is 0 Å². The highest BCUT2D eigenvalue weighted by Gasteiger charge is 2.30. The van der Waals surface area contributed by atoms with Gasteiger partial charge in [-0.25, -0.2) is 9.97 Å². The number of alkyl halides is 3. The van der Waals surface area contributed by atoms with Crippen molar-refractivity contribution in [1.82, 2.24) is 9.97 Å². The molecule has 3 rings (SSSR count). The molecule has 0 N–H and O–H groups in total. The van der Waals surface area contributed by atoms with Crippen molar-refractivity contribution in [3.8, 4) is 11.4 Å². The zero-order valence-electron chi connectivity index (χ0n) is 11.6. The molecule has 1 aromatic carbocycles. The molecule has 0 saturated carbocycles. The first-order valence-electron chi connectivity index (χ1n) is 6.96. The first kappa shape index (κ1) is 14.0. The summed E-state index contributed by atoms with van der Waals surface area (Å²) in [5.41, 5.74) is 2.14. The molecule has 1 aromatic heterocycles. The minimum Gasteiger partial charge on any atom is -0.236 e. The molecule has 2 aromatic rings. The fraction of sp³-hybridized carbons (Fsp3) is 0.375. The van der Waals surface area contributed by atoms with Crippen LogP contribution in [-0.2, 0) is 19.0 Å². The monoisotopic (exact) mass is 292 g/mol. The van der Waals surface area contributed by atoms with Gasteiger partial charge >= 0.3 is 6.18 Å². The molecule has 5 heteroatoms. The van der Waals surface area contributed by atoms with E-state index in [0.717, 1.165) is 42.7 Å². The van der Waals surface area contributed by atoms with Crippen molar-refractivity contribution in [2.75, 3.05) is 0 Å². The molecule has 1 atom stereocenters. The van der Waals surface area contributed by atoms with Crippen LogP contribution in [0.15, 0.2) is 30.5 Å². The largest absolute Gasteiger partial charge is 0.416 e. The van der Waals surface area contributed by atoms with Crippen molar-refractivity contribution in [3.05, 3.63) is 47.3 Å². The first-order chi connectivity index (χ1) is 9.93. The van der Waals surface area contributed by atoms with Crippen LogP contribution in [0.2, 0.25) is 0 Å². The molecule has 21 heavy (non-hydrogen) atoms. The predicted molar refractivity (Wildman–Crippen MR) is 73.7 cm³/mol. The van der Waals surface area contributed by atoms with Crippen LogP contribution in [0.3, 0.4) is 0 Å². The highest BCUT2D eigenvalue weighted by atomic mass is 19.4. The molecule has 0 radical (unpaired) electrons. The third-order valence-corrected chi connectivity index (χ3v) is 3.87. The van der Waals surface area contributed by atoms with Crippen molar-refractivity contribution in [3.63, 3.8) is 0 Å². The molecule has 0 aliphatic heterocycles. The Labute approximate surface area is 121 Å². The standard InChI is InChI=1S/C16H15F3N2/c1-10-2-7-14-12(8-10)9-20-15(21-14)11-3-5-13(6-4-11)16(17,18)19/h3-6,9-10H,2,7-8H2,1H3. The summed E-state index contributed by atoms with van der Waals surface area (Å²) >= 11 is 0. The molecule has 1 aliphatic carbocycles. The van der Waals surface area contributed by atoms with E-state index in [4.69, 9.17) is 0 Å². The van der Waals surface area contributed by atoms with Crippen molar-refractivity contribution in [1.29, 1.82) is 0 Å². The van der Waals surface area contributed by atoms with Crippen LogP contribution in [0.4, 0.5) is 13.2 Å². The highest BCUT2D eigenvalue weighted by Crippen LogP contribution is 2.31. The van der Waals surface area contributed by atoms with Crippen molar-refractivity contribution >= 4 is 0 Å². The number of aromatic nitrogens is 2. The molecule has 0 fully saturated rings. The Morgan fingerprint density at radius 1 is 1.14 bits per heavy atom. The van der Waals surface area contributed by atoms with Crippen LogP contribution in [0.1, 0.15) is 30.2 Å². The summed E-state index contributed by atoms with van der Waals surface area (Å²) in [4.78, 5) is 8.81. The summed E-state index contributed by atoms with van der Waals surface area (Å²) in [7, 11) is 0. The molecule has 1 heterocycles. The Balaban J connectivity index is 1.91. The summed E-state index contributed by atoms with van der Waals surface area (Å²) in [6.07, 6.45) is 0.474. The molecule has 0 saturated heterocycles. The average Bonchev–Trinajstić information content (AvgIpc) is 2.46. The van der Waals surface area contributed by atoms with E-state index >= 15 is 0 Å². The minimum absolute atomic E-state index is 0.497. The van der Waals surface area contributed by atoms with Gasteiger partial charge in [-0.3, -0.25) is 0 Å². The molecular formula is C16H15F3N2. The van der Waals surface area contributed by atoms with E-state index in [9.17, 15) is 13.2 Å². The van der Waals surface area contributed by atoms with Gasteiger partial charge in [0.15, 0.2) is 5.82 Å². The number of halogens is 3. The highest BCUT2D eigenvalue weighted by molar-refractivity contribution is 5.56. The molecular weight excluding hydrogens is 277 g/mol. The van der Waals surface area contributed by atoms with Crippen LogP contribution in [0.5, 0.6) is 0 Å². The fourth-order valence-corrected chi connectivity index (χ4v) is 2.64. The molecule has 1 aliphatic rings. The van der Waals surface area contributed by atoms with E-state index in [1.807, 2.05) is 6.20 Å². The molecule has 0 bridgehead atoms. The lowest BCUT2D eigenvalue weighted by atomic mass is 9.89. The van der Waals surface area contributed by atoms with Gasteiger partial charge < -0.3 is 0 Å². The van der Waals surface area contributed by atoms with E-state index in [1.165, 1.54) is 12.1 Å². The Kier molecular flexibility index (Phi) is 3.43. The van der Waals surface area contributed by atoms with E-state index in [1.54, 1.807) is 0 Å². The van der Waals surface area contributed by atoms with Crippen LogP contribution in [-0.4, -0.2) is 9.97 Å². The normalized spacial score (nSPS) is 18.4. The minimum atomic E-state index is -4.31. The summed E-state index contributed by atoms with van der Waals surface area (Å²) < 4.78 is 37.7. The zero-order valence-corrected chi connectivity index (χ0v) is 11.6. The van der Waals surface area contributed by atoms with Crippen LogP contribution in [0, 0.1) is 5.92 Å². The maximum atomic E-state index is 12.6. The molecule has 110 valence electrons. The Morgan fingerprint density at radius 3 is 2.52 bits per heavy atom. The molecule has 0 spiro atoms. The average molecular weight is 292 g/mol. The summed E-state index contributed by atoms with van der Waals surface area (Å²) in [6.45, 7) is 2.20. The number of rotatable bonds is 1. The SMILES string of the molecule is CC1CCc2nc(-c3ccc(C(F)(F)F)cc3)ncc2C1. The van der Waals surface area contributed by atoms with E-state index in [0.29, 0.717) is 17.3 Å². The Bertz CT molecular complexity index is 648. The number of hydrogen-bond acceptors (Lipinski definition) is 2. The van der Waals surface area contributed by atoms with E-state index < -0.39 is 11.7 Å². The van der Waals surface area contributed by atoms with Crippen LogP contribution >= 0.6 is 0 Å². The van der Waals surface area contributed by atoms with Crippen LogP contribution < -0.4 is 0 Å². The first-order valence-corrected chi connectivity index (χ1v) is 6.96. The lowest BCUT2D eigenvalue weighted by molar-refractivity contribution is -0.137. The second kappa shape index (κ2) is 5.13. The number of aryl methyl sites for hydroxylation is 1. The fourth-order valence-electron chi connectivity index (χ4n) is 2.64. The molecule has 1 unspecified atom stereocenters. The maximum Gasteiger partial charge on any atom is 0.416 e. The summed E-state index contributed by atoms with van der Waals surface area (Å²) in [5.74, 6) is 1.13. The smallest absolute Gasteiger partial charge is 0.236 e. The van der Waals surface area contributed by atoms with Gasteiger partial charge in [0.05, 0.1) is 5.56 Å². The van der Waals surface area contributed by atoms with Gasteiger partial charge in [0.2, 0.25) is 0 Å². The Hall–Kier alpha value is -1.91. The Morgan fingerprint density at radius 2 is 1.86 bits per heavy atom. The second-order valence-corrected chi connectivity index (χ2v) is 5.59. The lowest BCUT2D eigenvalue weighted by Crippen LogP contribution is -2.14. The van der Waals surface area contributed by atoms with Gasteiger partial charge in [-0.2, -0.15) is 13.2 Å². The zero-order chi connectivity index (χ0) is 15.0. The van der Waals surface area contributed by atoms with Gasteiger partial charge in [0.25, 0.3) is 0 Å². The second-order valence-electron chi connectivity index (χ2n) is 5.59. The number of benzene rings is 1. The van der Waals surface area contributed by atoms with Gasteiger partial charge in [-0.1, -0.05) is 19.1 Å². The van der Waals surface area contributed by atoms with Crippen molar-refractivity contribution < 1.29 is 13.2 Å². The number of hydrogen-bond donors (Lipinski definition) is 0. The van der Waals surface area contributed by atoms with E-state index in [2.05, 4.69) is 16.9 Å². The van der Waals surface area contributed by atoms with Gasteiger partial charge in [0, 0.05) is 17.5 Å². The summed E-state index contributed by atoms with van der Waals surface area (Å²) in [6, 6.07) is 4.99. The molecule has 0 amide bonds. The third-order valence-electron chi connectivity index (χ3n) is 3.87. The van der Waals surface area contributed by atoms with Gasteiger partial charge in [-0.15, -0.1) is 0 Å². The maximum absolute atomic E-state index is 12.6. The van der Waals surface area contributed by atoms with Crippen LogP contribution in [0.25, 0.3) is 11.4 Å². The number of nitrogens with zero attached hydrogens (tertiary/aromatic N) is 2. The van der Waals surface area contributed by atoms with E-state index in [-0.39, 0.29) is 0 Å². The number of fused-ring (bicyclic) bond motifs is 1. The topological polar surface area (TPSA) is 25.8 Å². The van der Waals surface area contributed by atoms with Crippen molar-refractivity contribution in [2.45, 2.75) is 32.4 Å². The lowest BCUT2D eigenvalue weighted by Gasteiger charge is -2.20. The molecule has 2 nitrogen and oxygen atoms in total. The predicted octanol–water partition coefficient (Wildman–Crippen LogP) is 4.29. The van der Waals surface area contributed by atoms with Crippen molar-refractivity contribution in [2.24, 2.45) is 5.92 Å².